The summed E-state index contributed by atoms with van der Waals surface area (Å²) >= 11 is 0. The first-order valence-electron chi connectivity index (χ1n) is 5.21. The normalized spacial score (nSPS) is 34.1. The summed E-state index contributed by atoms with van der Waals surface area (Å²) in [6.07, 6.45) is 6.00. The van der Waals surface area contributed by atoms with E-state index in [1.807, 2.05) is 12.2 Å². The maximum Gasteiger partial charge on any atom is 1.00 e. The van der Waals surface area contributed by atoms with E-state index in [9.17, 15) is 19.8 Å². The number of fused-ring (bicyclic) bond motifs is 3. The first-order valence-corrected chi connectivity index (χ1v) is 5.21. The quantitative estimate of drug-likeness (QED) is 0.362. The minimum absolute atomic E-state index is 0. The zero-order valence-electron chi connectivity index (χ0n) is 10.2. The average molecular weight is 254 g/mol. The van der Waals surface area contributed by atoms with Crippen molar-refractivity contribution in [3.05, 3.63) is 12.2 Å². The van der Waals surface area contributed by atoms with E-state index in [0.717, 1.165) is 19.3 Å². The van der Waals surface area contributed by atoms with Gasteiger partial charge in [0.25, 0.3) is 0 Å². The molecule has 0 aromatic heterocycles. The van der Waals surface area contributed by atoms with Crippen molar-refractivity contribution >= 4 is 11.9 Å². The number of carboxylic acid groups (broad SMARTS) is 2. The molecule has 1 fully saturated rings. The summed E-state index contributed by atoms with van der Waals surface area (Å²) in [4.78, 5) is 22.0. The fraction of sp³-hybridized carbons (Fsp3) is 0.636. The smallest absolute Gasteiger partial charge is 0.550 e. The Morgan fingerprint density at radius 2 is 1.24 bits per heavy atom. The second-order valence-electron chi connectivity index (χ2n) is 4.33. The number of aliphatic carboxylic acids is 2. The van der Waals surface area contributed by atoms with Crippen LogP contribution in [0.1, 0.15) is 19.3 Å². The Kier molecular flexibility index (Phi) is 7.61. The third-order valence-corrected chi connectivity index (χ3v) is 3.53. The number of hydrogen-bond acceptors (Lipinski definition) is 4. The van der Waals surface area contributed by atoms with E-state index in [0.29, 0.717) is 0 Å². The van der Waals surface area contributed by atoms with Crippen molar-refractivity contribution in [1.82, 2.24) is 0 Å². The van der Waals surface area contributed by atoms with Gasteiger partial charge in [-0.1, -0.05) is 18.6 Å². The second-order valence-corrected chi connectivity index (χ2v) is 4.33. The van der Waals surface area contributed by atoms with Gasteiger partial charge in [-0.2, -0.15) is 0 Å². The second kappa shape index (κ2) is 7.31. The third-order valence-electron chi connectivity index (χ3n) is 3.53. The monoisotopic (exact) mass is 254 g/mol. The minimum Gasteiger partial charge on any atom is -0.550 e. The van der Waals surface area contributed by atoms with Crippen LogP contribution in [0.5, 0.6) is 0 Å². The summed E-state index contributed by atoms with van der Waals surface area (Å²) in [7, 11) is 0. The van der Waals surface area contributed by atoms with Crippen molar-refractivity contribution in [2.24, 2.45) is 23.7 Å². The fourth-order valence-electron chi connectivity index (χ4n) is 2.84. The van der Waals surface area contributed by atoms with Crippen LogP contribution in [-0.4, -0.2) is 11.9 Å². The van der Waals surface area contributed by atoms with Gasteiger partial charge < -0.3 is 19.8 Å². The molecule has 4 atom stereocenters. The number of rotatable bonds is 2. The standard InChI is InChI=1S/C11H14O4.2Na/c12-10(13)8-6-2-1-3-7(5-4-6)9(8)11(14)15;;/h4-9H,1-3H2,(H,12,13)(H,14,15);;/q;2*+1/p-2. The van der Waals surface area contributed by atoms with E-state index >= 15 is 0 Å². The minimum atomic E-state index is -1.26. The van der Waals surface area contributed by atoms with Crippen molar-refractivity contribution in [3.63, 3.8) is 0 Å². The molecular weight excluding hydrogens is 242 g/mol. The summed E-state index contributed by atoms with van der Waals surface area (Å²) in [5.41, 5.74) is 0. The number of allylic oxidation sites excluding steroid dienone is 2. The molecule has 2 bridgehead atoms. The largest absolute Gasteiger partial charge is 1.00 e. The van der Waals surface area contributed by atoms with Gasteiger partial charge in [0.2, 0.25) is 0 Å². The number of carboxylic acids is 2. The van der Waals surface area contributed by atoms with Gasteiger partial charge in [-0.25, -0.2) is 0 Å². The van der Waals surface area contributed by atoms with Gasteiger partial charge in [0.05, 0.1) is 0 Å². The molecule has 3 rings (SSSR count). The predicted molar refractivity (Wildman–Crippen MR) is 47.0 cm³/mol. The molecule has 4 nitrogen and oxygen atoms in total. The molecule has 6 heteroatoms. The van der Waals surface area contributed by atoms with Crippen LogP contribution in [0.15, 0.2) is 12.2 Å². The van der Waals surface area contributed by atoms with Crippen molar-refractivity contribution in [2.45, 2.75) is 19.3 Å². The molecule has 4 unspecified atom stereocenters. The Morgan fingerprint density at radius 1 is 0.882 bits per heavy atom. The Morgan fingerprint density at radius 3 is 1.53 bits per heavy atom. The maximum absolute atomic E-state index is 11.0. The van der Waals surface area contributed by atoms with E-state index < -0.39 is 23.8 Å². The zero-order valence-corrected chi connectivity index (χ0v) is 14.2. The summed E-state index contributed by atoms with van der Waals surface area (Å²) < 4.78 is 0. The van der Waals surface area contributed by atoms with Crippen LogP contribution in [0.2, 0.25) is 0 Å². The van der Waals surface area contributed by atoms with Crippen LogP contribution in [-0.2, 0) is 9.59 Å². The molecule has 1 saturated carbocycles. The molecule has 0 heterocycles. The molecular formula is C11H12Na2O4. The first-order chi connectivity index (χ1) is 7.11. The predicted octanol–water partition coefficient (Wildman–Crippen LogP) is -7.29. The van der Waals surface area contributed by atoms with Crippen LogP contribution in [0, 0.1) is 23.7 Å². The van der Waals surface area contributed by atoms with Crippen molar-refractivity contribution in [2.75, 3.05) is 0 Å². The summed E-state index contributed by atoms with van der Waals surface area (Å²) in [6, 6.07) is 0. The molecule has 3 aliphatic carbocycles. The van der Waals surface area contributed by atoms with Gasteiger partial charge in [-0.3, -0.25) is 0 Å². The molecule has 0 aromatic rings. The van der Waals surface area contributed by atoms with Crippen LogP contribution in [0.25, 0.3) is 0 Å². The van der Waals surface area contributed by atoms with Crippen LogP contribution < -0.4 is 69.3 Å². The van der Waals surface area contributed by atoms with Gasteiger partial charge >= 0.3 is 59.1 Å². The molecule has 0 spiro atoms. The number of carbonyl (C=O) groups excluding carboxylic acids is 2. The topological polar surface area (TPSA) is 80.3 Å². The Hall–Kier alpha value is 0.680. The molecule has 0 saturated heterocycles. The van der Waals surface area contributed by atoms with Crippen LogP contribution >= 0.6 is 0 Å². The SMILES string of the molecule is O=C([O-])C1C2C=CC(CCC2)C1C(=O)[O-].[Na+].[Na+]. The molecule has 0 amide bonds. The molecule has 0 aromatic carbocycles. The first kappa shape index (κ1) is 17.7. The van der Waals surface area contributed by atoms with E-state index in [4.69, 9.17) is 0 Å². The van der Waals surface area contributed by atoms with E-state index in [1.165, 1.54) is 0 Å². The Balaban J connectivity index is 0.00000128. The zero-order chi connectivity index (χ0) is 11.0. The molecule has 0 radical (unpaired) electrons. The summed E-state index contributed by atoms with van der Waals surface area (Å²) in [5.74, 6) is -4.73. The van der Waals surface area contributed by atoms with Crippen molar-refractivity contribution in [1.29, 1.82) is 0 Å². The van der Waals surface area contributed by atoms with E-state index in [1.54, 1.807) is 0 Å². The van der Waals surface area contributed by atoms with Crippen molar-refractivity contribution in [3.8, 4) is 0 Å². The van der Waals surface area contributed by atoms with E-state index in [2.05, 4.69) is 0 Å². The molecule has 82 valence electrons. The van der Waals surface area contributed by atoms with Gasteiger partial charge in [0, 0.05) is 23.8 Å². The molecule has 0 aliphatic heterocycles. The van der Waals surface area contributed by atoms with Gasteiger partial charge in [-0.05, 0) is 24.7 Å². The Labute approximate surface area is 144 Å². The fourth-order valence-corrected chi connectivity index (χ4v) is 2.84. The Bertz CT molecular complexity index is 299. The molecule has 0 N–H and O–H groups in total. The van der Waals surface area contributed by atoms with E-state index in [-0.39, 0.29) is 71.0 Å². The third kappa shape index (κ3) is 3.58. The number of hydrogen-bond donors (Lipinski definition) is 0. The van der Waals surface area contributed by atoms with Gasteiger partial charge in [0.15, 0.2) is 0 Å². The summed E-state index contributed by atoms with van der Waals surface area (Å²) in [5, 5.41) is 22.0. The maximum atomic E-state index is 11.0. The molecule has 17 heavy (non-hydrogen) atoms. The number of carbonyl (C=O) groups is 2. The molecule has 3 aliphatic rings. The van der Waals surface area contributed by atoms with Crippen LogP contribution in [0.3, 0.4) is 0 Å². The average Bonchev–Trinajstić information content (AvgIpc) is 2.48. The van der Waals surface area contributed by atoms with Gasteiger partial charge in [-0.15, -0.1) is 0 Å². The van der Waals surface area contributed by atoms with Crippen molar-refractivity contribution < 1.29 is 78.9 Å². The van der Waals surface area contributed by atoms with Gasteiger partial charge in [0.1, 0.15) is 0 Å². The van der Waals surface area contributed by atoms with Crippen LogP contribution in [0.4, 0.5) is 0 Å². The summed E-state index contributed by atoms with van der Waals surface area (Å²) in [6.45, 7) is 0.